The lowest BCUT2D eigenvalue weighted by Gasteiger charge is -2.07. The van der Waals surface area contributed by atoms with Gasteiger partial charge in [-0.2, -0.15) is 0 Å². The van der Waals surface area contributed by atoms with Crippen molar-refractivity contribution < 1.29 is 9.18 Å². The molecule has 98 valence electrons. The zero-order valence-electron chi connectivity index (χ0n) is 10.7. The molecule has 0 bridgehead atoms. The maximum atomic E-state index is 13.5. The van der Waals surface area contributed by atoms with Crippen molar-refractivity contribution >= 4 is 17.4 Å². The molecule has 1 amide bonds. The molecule has 0 fully saturated rings. The van der Waals surface area contributed by atoms with Crippen molar-refractivity contribution in [3.05, 3.63) is 53.0 Å². The molecule has 0 unspecified atom stereocenters. The Morgan fingerprint density at radius 1 is 1.32 bits per heavy atom. The molecule has 0 aliphatic carbocycles. The summed E-state index contributed by atoms with van der Waals surface area (Å²) in [4.78, 5) is 16.0. The smallest absolute Gasteiger partial charge is 0.256 e. The minimum absolute atomic E-state index is 0.169. The number of hydrogen-bond donors (Lipinski definition) is 2. The lowest BCUT2D eigenvalue weighted by atomic mass is 10.1. The van der Waals surface area contributed by atoms with E-state index >= 15 is 0 Å². The van der Waals surface area contributed by atoms with E-state index in [1.54, 1.807) is 19.2 Å². The zero-order chi connectivity index (χ0) is 14.0. The fraction of sp³-hybridized carbons (Fsp3) is 0.143. The number of aryl methyl sites for hydroxylation is 1. The Labute approximate surface area is 110 Å². The fourth-order valence-electron chi connectivity index (χ4n) is 1.56. The molecule has 0 aliphatic heterocycles. The monoisotopic (exact) mass is 259 g/mol. The van der Waals surface area contributed by atoms with Crippen LogP contribution in [-0.4, -0.2) is 10.9 Å². The highest BCUT2D eigenvalue weighted by molar-refractivity contribution is 6.04. The number of hydrogen-bond acceptors (Lipinski definition) is 3. The molecule has 0 spiro atoms. The summed E-state index contributed by atoms with van der Waals surface area (Å²) in [5, 5.41) is 2.59. The van der Waals surface area contributed by atoms with Crippen LogP contribution < -0.4 is 11.1 Å². The molecule has 5 heteroatoms. The molecule has 0 radical (unpaired) electrons. The van der Waals surface area contributed by atoms with E-state index in [-0.39, 0.29) is 11.3 Å². The number of carbonyl (C=O) groups is 1. The highest BCUT2D eigenvalue weighted by Gasteiger charge is 2.11. The Balaban J connectivity index is 2.23. The number of nitrogen functional groups attached to an aromatic ring is 1. The lowest BCUT2D eigenvalue weighted by molar-refractivity contribution is 0.102. The molecule has 0 atom stereocenters. The Kier molecular flexibility index (Phi) is 3.46. The molecule has 1 aromatic carbocycles. The van der Waals surface area contributed by atoms with Gasteiger partial charge in [-0.05, 0) is 37.6 Å². The van der Waals surface area contributed by atoms with Crippen molar-refractivity contribution in [2.45, 2.75) is 13.8 Å². The normalized spacial score (nSPS) is 10.3. The summed E-state index contributed by atoms with van der Waals surface area (Å²) in [7, 11) is 0. The maximum Gasteiger partial charge on any atom is 0.256 e. The van der Waals surface area contributed by atoms with Crippen molar-refractivity contribution in [2.24, 2.45) is 0 Å². The second-order valence-electron chi connectivity index (χ2n) is 4.35. The van der Waals surface area contributed by atoms with Gasteiger partial charge < -0.3 is 11.1 Å². The fourth-order valence-corrected chi connectivity index (χ4v) is 1.56. The number of benzene rings is 1. The van der Waals surface area contributed by atoms with E-state index in [2.05, 4.69) is 10.3 Å². The van der Waals surface area contributed by atoms with E-state index in [9.17, 15) is 9.18 Å². The molecule has 2 aromatic rings. The van der Waals surface area contributed by atoms with Gasteiger partial charge >= 0.3 is 0 Å². The predicted molar refractivity (Wildman–Crippen MR) is 72.5 cm³/mol. The van der Waals surface area contributed by atoms with Gasteiger partial charge in [-0.3, -0.25) is 4.79 Å². The molecule has 3 N–H and O–H groups in total. The van der Waals surface area contributed by atoms with Gasteiger partial charge in [0.2, 0.25) is 0 Å². The topological polar surface area (TPSA) is 68.0 Å². The molecule has 1 heterocycles. The standard InChI is InChI=1S/C14H14FN3O/c1-8-3-4-13(17-7-8)18-14(19)10-5-11(15)9(2)12(16)6-10/h3-7H,16H2,1-2H3,(H,17,18,19). The van der Waals surface area contributed by atoms with E-state index in [0.29, 0.717) is 11.4 Å². The quantitative estimate of drug-likeness (QED) is 0.815. The molecule has 0 saturated carbocycles. The van der Waals surface area contributed by atoms with Gasteiger partial charge in [0, 0.05) is 23.0 Å². The largest absolute Gasteiger partial charge is 0.398 e. The number of pyridine rings is 1. The molecule has 1 aromatic heterocycles. The number of rotatable bonds is 2. The first-order chi connectivity index (χ1) is 8.97. The van der Waals surface area contributed by atoms with Gasteiger partial charge in [0.05, 0.1) is 0 Å². The lowest BCUT2D eigenvalue weighted by Crippen LogP contribution is -2.14. The van der Waals surface area contributed by atoms with Crippen LogP contribution in [0.25, 0.3) is 0 Å². The van der Waals surface area contributed by atoms with E-state index in [1.165, 1.54) is 6.07 Å². The van der Waals surface area contributed by atoms with Crippen molar-refractivity contribution in [1.29, 1.82) is 0 Å². The van der Waals surface area contributed by atoms with Gasteiger partial charge in [-0.25, -0.2) is 9.37 Å². The highest BCUT2D eigenvalue weighted by Crippen LogP contribution is 2.18. The van der Waals surface area contributed by atoms with Crippen LogP contribution in [0.5, 0.6) is 0 Å². The molecule has 19 heavy (non-hydrogen) atoms. The Hall–Kier alpha value is -2.43. The number of aromatic nitrogens is 1. The van der Waals surface area contributed by atoms with E-state index in [1.807, 2.05) is 13.0 Å². The Bertz CT molecular complexity index is 600. The van der Waals surface area contributed by atoms with Crippen LogP contribution in [0.15, 0.2) is 30.5 Å². The van der Waals surface area contributed by atoms with Gasteiger partial charge in [-0.15, -0.1) is 0 Å². The Morgan fingerprint density at radius 3 is 2.63 bits per heavy atom. The van der Waals surface area contributed by atoms with E-state index in [4.69, 9.17) is 5.73 Å². The summed E-state index contributed by atoms with van der Waals surface area (Å²) in [6, 6.07) is 6.12. The van der Waals surface area contributed by atoms with Gasteiger partial charge in [0.1, 0.15) is 11.6 Å². The van der Waals surface area contributed by atoms with Gasteiger partial charge in [-0.1, -0.05) is 6.07 Å². The molecule has 2 rings (SSSR count). The van der Waals surface area contributed by atoms with Crippen molar-refractivity contribution in [1.82, 2.24) is 4.98 Å². The molecule has 0 saturated heterocycles. The van der Waals surface area contributed by atoms with Crippen LogP contribution in [0.2, 0.25) is 0 Å². The van der Waals surface area contributed by atoms with Crippen LogP contribution in [0, 0.1) is 19.7 Å². The number of carbonyl (C=O) groups excluding carboxylic acids is 1. The SMILES string of the molecule is Cc1ccc(NC(=O)c2cc(N)c(C)c(F)c2)nc1. The zero-order valence-corrected chi connectivity index (χ0v) is 10.7. The first-order valence-corrected chi connectivity index (χ1v) is 5.77. The molecule has 4 nitrogen and oxygen atoms in total. The number of nitrogens with zero attached hydrogens (tertiary/aromatic N) is 1. The third kappa shape index (κ3) is 2.88. The third-order valence-corrected chi connectivity index (χ3v) is 2.80. The van der Waals surface area contributed by atoms with Crippen LogP contribution in [0.3, 0.4) is 0 Å². The van der Waals surface area contributed by atoms with Crippen LogP contribution in [-0.2, 0) is 0 Å². The number of halogens is 1. The summed E-state index contributed by atoms with van der Waals surface area (Å²) in [5.74, 6) is -0.529. The minimum Gasteiger partial charge on any atom is -0.398 e. The first kappa shape index (κ1) is 13.0. The number of nitrogens with two attached hydrogens (primary N) is 1. The van der Waals surface area contributed by atoms with Crippen molar-refractivity contribution in [3.8, 4) is 0 Å². The van der Waals surface area contributed by atoms with Gasteiger partial charge in [0.25, 0.3) is 5.91 Å². The molecular weight excluding hydrogens is 245 g/mol. The average Bonchev–Trinajstić information content (AvgIpc) is 2.38. The second-order valence-corrected chi connectivity index (χ2v) is 4.35. The van der Waals surface area contributed by atoms with Crippen LogP contribution >= 0.6 is 0 Å². The Morgan fingerprint density at radius 2 is 2.05 bits per heavy atom. The predicted octanol–water partition coefficient (Wildman–Crippen LogP) is 2.67. The second kappa shape index (κ2) is 5.06. The van der Waals surface area contributed by atoms with E-state index in [0.717, 1.165) is 11.6 Å². The first-order valence-electron chi connectivity index (χ1n) is 5.77. The van der Waals surface area contributed by atoms with Gasteiger partial charge in [0.15, 0.2) is 0 Å². The van der Waals surface area contributed by atoms with E-state index < -0.39 is 11.7 Å². The van der Waals surface area contributed by atoms with Crippen molar-refractivity contribution in [2.75, 3.05) is 11.1 Å². The number of nitrogens with one attached hydrogen (secondary N) is 1. The molecular formula is C14H14FN3O. The molecule has 0 aliphatic rings. The summed E-state index contributed by atoms with van der Waals surface area (Å²) in [5.41, 5.74) is 7.39. The summed E-state index contributed by atoms with van der Waals surface area (Å²) in [6.07, 6.45) is 1.64. The average molecular weight is 259 g/mol. The number of anilines is 2. The minimum atomic E-state index is -0.498. The summed E-state index contributed by atoms with van der Waals surface area (Å²) in [6.45, 7) is 3.46. The number of amides is 1. The summed E-state index contributed by atoms with van der Waals surface area (Å²) < 4.78 is 13.5. The van der Waals surface area contributed by atoms with Crippen LogP contribution in [0.4, 0.5) is 15.9 Å². The van der Waals surface area contributed by atoms with Crippen LogP contribution in [0.1, 0.15) is 21.5 Å². The van der Waals surface area contributed by atoms with Crippen molar-refractivity contribution in [3.63, 3.8) is 0 Å². The maximum absolute atomic E-state index is 13.5. The summed E-state index contributed by atoms with van der Waals surface area (Å²) >= 11 is 0. The third-order valence-electron chi connectivity index (χ3n) is 2.80. The highest BCUT2D eigenvalue weighted by atomic mass is 19.1.